The molecule has 2 heterocycles. The number of benzene rings is 1. The third-order valence-electron chi connectivity index (χ3n) is 4.00. The van der Waals surface area contributed by atoms with Gasteiger partial charge in [0.25, 0.3) is 0 Å². The lowest BCUT2D eigenvalue weighted by Gasteiger charge is -2.32. The molecule has 0 atom stereocenters. The molecule has 1 fully saturated rings. The van der Waals surface area contributed by atoms with Gasteiger partial charge >= 0.3 is 0 Å². The Labute approximate surface area is 139 Å². The zero-order chi connectivity index (χ0) is 15.4. The molecule has 0 spiro atoms. The normalized spacial score (nSPS) is 17.0. The molecule has 22 heavy (non-hydrogen) atoms. The first kappa shape index (κ1) is 15.9. The van der Waals surface area contributed by atoms with Crippen LogP contribution < -0.4 is 5.32 Å². The first-order chi connectivity index (χ1) is 10.7. The Morgan fingerprint density at radius 2 is 2.00 bits per heavy atom. The van der Waals surface area contributed by atoms with E-state index in [0.717, 1.165) is 44.6 Å². The lowest BCUT2D eigenvalue weighted by molar-refractivity contribution is 0.191. The quantitative estimate of drug-likeness (QED) is 0.900. The van der Waals surface area contributed by atoms with Crippen molar-refractivity contribution in [3.05, 3.63) is 51.2 Å². The molecule has 3 nitrogen and oxygen atoms in total. The summed E-state index contributed by atoms with van der Waals surface area (Å²) in [6.07, 6.45) is 4.13. The molecular weight excluding hydrogens is 321 g/mol. The van der Waals surface area contributed by atoms with Gasteiger partial charge in [-0.25, -0.2) is 9.37 Å². The van der Waals surface area contributed by atoms with Crippen LogP contribution in [0.1, 0.15) is 23.3 Å². The lowest BCUT2D eigenvalue weighted by atomic mass is 10.0. The third-order valence-corrected chi connectivity index (χ3v) is 5.10. The number of nitrogens with one attached hydrogen (secondary N) is 1. The van der Waals surface area contributed by atoms with Crippen LogP contribution in [0.3, 0.4) is 0 Å². The van der Waals surface area contributed by atoms with Crippen LogP contribution in [0.5, 0.6) is 0 Å². The van der Waals surface area contributed by atoms with Crippen LogP contribution in [0.15, 0.2) is 30.5 Å². The molecule has 3 rings (SSSR count). The molecule has 6 heteroatoms. The molecule has 0 radical (unpaired) electrons. The van der Waals surface area contributed by atoms with Crippen LogP contribution in [0.25, 0.3) is 0 Å². The summed E-state index contributed by atoms with van der Waals surface area (Å²) in [6.45, 7) is 3.90. The van der Waals surface area contributed by atoms with Gasteiger partial charge in [-0.15, -0.1) is 11.3 Å². The number of aromatic nitrogens is 1. The molecule has 2 aromatic rings. The summed E-state index contributed by atoms with van der Waals surface area (Å²) in [5, 5.41) is 3.57. The van der Waals surface area contributed by atoms with Gasteiger partial charge in [0.05, 0.1) is 0 Å². The van der Waals surface area contributed by atoms with E-state index in [-0.39, 0.29) is 5.82 Å². The highest BCUT2D eigenvalue weighted by molar-refractivity contribution is 7.15. The second-order valence-corrected chi connectivity index (χ2v) is 7.33. The van der Waals surface area contributed by atoms with Crippen molar-refractivity contribution in [1.82, 2.24) is 15.2 Å². The smallest absolute Gasteiger partial charge is 0.183 e. The highest BCUT2D eigenvalue weighted by atomic mass is 35.5. The van der Waals surface area contributed by atoms with E-state index >= 15 is 0 Å². The van der Waals surface area contributed by atoms with E-state index in [2.05, 4.69) is 15.2 Å². The molecule has 0 bridgehead atoms. The van der Waals surface area contributed by atoms with Crippen molar-refractivity contribution in [2.45, 2.75) is 32.0 Å². The van der Waals surface area contributed by atoms with E-state index in [9.17, 15) is 4.39 Å². The maximum atomic E-state index is 12.9. The standard InChI is InChI=1S/C16H19ClFN3S/c17-16-20-10-15(22-16)11-21-7-5-14(6-8-21)19-9-12-1-3-13(18)4-2-12/h1-4,10,14,19H,5-9,11H2. The number of hydrogen-bond donors (Lipinski definition) is 1. The van der Waals surface area contributed by atoms with Crippen LogP contribution in [0.4, 0.5) is 4.39 Å². The van der Waals surface area contributed by atoms with E-state index in [0.29, 0.717) is 10.5 Å². The molecule has 0 saturated carbocycles. The fourth-order valence-electron chi connectivity index (χ4n) is 2.74. The van der Waals surface area contributed by atoms with Crippen LogP contribution in [-0.4, -0.2) is 29.0 Å². The molecule has 1 aliphatic heterocycles. The van der Waals surface area contributed by atoms with Crippen molar-refractivity contribution in [2.75, 3.05) is 13.1 Å². The number of hydrogen-bond acceptors (Lipinski definition) is 4. The monoisotopic (exact) mass is 339 g/mol. The summed E-state index contributed by atoms with van der Waals surface area (Å²) >= 11 is 7.42. The molecular formula is C16H19ClFN3S. The Hall–Kier alpha value is -1.01. The molecule has 0 amide bonds. The molecule has 1 aromatic carbocycles. The topological polar surface area (TPSA) is 28.2 Å². The first-order valence-electron chi connectivity index (χ1n) is 7.49. The van der Waals surface area contributed by atoms with Crippen molar-refractivity contribution in [3.8, 4) is 0 Å². The average Bonchev–Trinajstić information content (AvgIpc) is 2.93. The highest BCUT2D eigenvalue weighted by Crippen LogP contribution is 2.21. The van der Waals surface area contributed by atoms with Gasteiger partial charge < -0.3 is 5.32 Å². The first-order valence-corrected chi connectivity index (χ1v) is 8.69. The summed E-state index contributed by atoms with van der Waals surface area (Å²) in [6, 6.07) is 7.24. The Balaban J connectivity index is 1.41. The number of rotatable bonds is 5. The molecule has 1 saturated heterocycles. The van der Waals surface area contributed by atoms with Gasteiger partial charge in [0.2, 0.25) is 0 Å². The fourth-order valence-corrected chi connectivity index (χ4v) is 3.76. The van der Waals surface area contributed by atoms with E-state index in [1.165, 1.54) is 17.0 Å². The SMILES string of the molecule is Fc1ccc(CNC2CCN(Cc3cnc(Cl)s3)CC2)cc1. The summed E-state index contributed by atoms with van der Waals surface area (Å²) < 4.78 is 13.5. The van der Waals surface area contributed by atoms with Crippen molar-refractivity contribution in [3.63, 3.8) is 0 Å². The Morgan fingerprint density at radius 3 is 2.64 bits per heavy atom. The van der Waals surface area contributed by atoms with Gasteiger partial charge in [0, 0.05) is 43.3 Å². The third kappa shape index (κ3) is 4.49. The van der Waals surface area contributed by atoms with Crippen LogP contribution in [-0.2, 0) is 13.1 Å². The Morgan fingerprint density at radius 1 is 1.27 bits per heavy atom. The van der Waals surface area contributed by atoms with E-state index in [1.807, 2.05) is 18.3 Å². The van der Waals surface area contributed by atoms with Crippen molar-refractivity contribution < 1.29 is 4.39 Å². The summed E-state index contributed by atoms with van der Waals surface area (Å²) in [7, 11) is 0. The second-order valence-electron chi connectivity index (χ2n) is 5.64. The molecule has 1 aliphatic rings. The molecule has 0 unspecified atom stereocenters. The second kappa shape index (κ2) is 7.51. The maximum Gasteiger partial charge on any atom is 0.183 e. The molecule has 1 N–H and O–H groups in total. The molecule has 1 aromatic heterocycles. The van der Waals surface area contributed by atoms with Crippen molar-refractivity contribution in [2.24, 2.45) is 0 Å². The van der Waals surface area contributed by atoms with E-state index in [1.54, 1.807) is 11.3 Å². The highest BCUT2D eigenvalue weighted by Gasteiger charge is 2.19. The van der Waals surface area contributed by atoms with Crippen molar-refractivity contribution in [1.29, 1.82) is 0 Å². The molecule has 0 aliphatic carbocycles. The Kier molecular flexibility index (Phi) is 5.41. The van der Waals surface area contributed by atoms with Gasteiger partial charge in [-0.3, -0.25) is 4.90 Å². The number of likely N-dealkylation sites (tertiary alicyclic amines) is 1. The van der Waals surface area contributed by atoms with E-state index in [4.69, 9.17) is 11.6 Å². The van der Waals surface area contributed by atoms with Gasteiger partial charge in [-0.1, -0.05) is 23.7 Å². The van der Waals surface area contributed by atoms with Gasteiger partial charge in [0.15, 0.2) is 4.47 Å². The Bertz CT molecular complexity index is 594. The number of halogens is 2. The summed E-state index contributed by atoms with van der Waals surface area (Å²) in [5.74, 6) is -0.180. The van der Waals surface area contributed by atoms with Gasteiger partial charge in [-0.05, 0) is 30.5 Å². The predicted molar refractivity (Wildman–Crippen MR) is 88.7 cm³/mol. The maximum absolute atomic E-state index is 12.9. The minimum absolute atomic E-state index is 0.180. The number of thiazole rings is 1. The fraction of sp³-hybridized carbons (Fsp3) is 0.438. The van der Waals surface area contributed by atoms with Crippen LogP contribution >= 0.6 is 22.9 Å². The molecule has 118 valence electrons. The van der Waals surface area contributed by atoms with Gasteiger partial charge in [0.1, 0.15) is 5.82 Å². The van der Waals surface area contributed by atoms with Crippen molar-refractivity contribution >= 4 is 22.9 Å². The zero-order valence-electron chi connectivity index (χ0n) is 12.3. The van der Waals surface area contributed by atoms with Crippen LogP contribution in [0.2, 0.25) is 4.47 Å². The van der Waals surface area contributed by atoms with Crippen LogP contribution in [0, 0.1) is 5.82 Å². The number of nitrogens with zero attached hydrogens (tertiary/aromatic N) is 2. The average molecular weight is 340 g/mol. The van der Waals surface area contributed by atoms with E-state index < -0.39 is 0 Å². The summed E-state index contributed by atoms with van der Waals surface area (Å²) in [4.78, 5) is 7.75. The largest absolute Gasteiger partial charge is 0.310 e. The number of piperidine rings is 1. The minimum Gasteiger partial charge on any atom is -0.310 e. The van der Waals surface area contributed by atoms with Gasteiger partial charge in [-0.2, -0.15) is 0 Å². The predicted octanol–water partition coefficient (Wildman–Crippen LogP) is 3.69. The zero-order valence-corrected chi connectivity index (χ0v) is 13.8. The lowest BCUT2D eigenvalue weighted by Crippen LogP contribution is -2.41. The minimum atomic E-state index is -0.180. The summed E-state index contributed by atoms with van der Waals surface area (Å²) in [5.41, 5.74) is 1.13.